The monoisotopic (exact) mass is 224 g/mol. The highest BCUT2D eigenvalue weighted by atomic mass is 15.2. The van der Waals surface area contributed by atoms with Gasteiger partial charge in [-0.15, -0.1) is 0 Å². The van der Waals surface area contributed by atoms with Crippen LogP contribution in [0.5, 0.6) is 0 Å². The van der Waals surface area contributed by atoms with Crippen LogP contribution in [0.1, 0.15) is 58.8 Å². The third-order valence-electron chi connectivity index (χ3n) is 4.42. The van der Waals surface area contributed by atoms with Crippen molar-refractivity contribution >= 4 is 0 Å². The van der Waals surface area contributed by atoms with Crippen LogP contribution in [-0.4, -0.2) is 36.1 Å². The summed E-state index contributed by atoms with van der Waals surface area (Å²) in [5.74, 6) is 0. The van der Waals surface area contributed by atoms with Crippen LogP contribution in [0.2, 0.25) is 0 Å². The first-order valence-electron chi connectivity index (χ1n) is 7.32. The number of likely N-dealkylation sites (tertiary alicyclic amines) is 1. The first-order valence-corrected chi connectivity index (χ1v) is 7.32. The summed E-state index contributed by atoms with van der Waals surface area (Å²) in [4.78, 5) is 2.78. The molecule has 0 spiro atoms. The third kappa shape index (κ3) is 2.78. The first-order chi connectivity index (χ1) is 7.83. The van der Waals surface area contributed by atoms with E-state index in [4.69, 9.17) is 0 Å². The summed E-state index contributed by atoms with van der Waals surface area (Å²) in [5, 5.41) is 3.78. The molecule has 0 aromatic carbocycles. The summed E-state index contributed by atoms with van der Waals surface area (Å²) in [7, 11) is 0. The Kier molecular flexibility index (Phi) is 4.66. The zero-order valence-electron chi connectivity index (χ0n) is 11.0. The van der Waals surface area contributed by atoms with Gasteiger partial charge in [-0.3, -0.25) is 4.90 Å². The number of hydrogen-bond donors (Lipinski definition) is 1. The lowest BCUT2D eigenvalue weighted by Crippen LogP contribution is -2.52. The number of nitrogens with zero attached hydrogens (tertiary/aromatic N) is 1. The van der Waals surface area contributed by atoms with Crippen molar-refractivity contribution in [3.05, 3.63) is 0 Å². The van der Waals surface area contributed by atoms with E-state index >= 15 is 0 Å². The second-order valence-electron chi connectivity index (χ2n) is 5.64. The van der Waals surface area contributed by atoms with Gasteiger partial charge in [-0.05, 0) is 52.1 Å². The van der Waals surface area contributed by atoms with Gasteiger partial charge in [-0.2, -0.15) is 0 Å². The average Bonchev–Trinajstić information content (AvgIpc) is 2.73. The first kappa shape index (κ1) is 12.4. The molecule has 1 aliphatic carbocycles. The van der Waals surface area contributed by atoms with Crippen LogP contribution in [0, 0.1) is 0 Å². The van der Waals surface area contributed by atoms with Crippen molar-refractivity contribution in [2.45, 2.75) is 76.9 Å². The molecule has 16 heavy (non-hydrogen) atoms. The van der Waals surface area contributed by atoms with Gasteiger partial charge in [0.25, 0.3) is 0 Å². The molecule has 2 heteroatoms. The maximum Gasteiger partial charge on any atom is 0.0252 e. The van der Waals surface area contributed by atoms with Crippen LogP contribution < -0.4 is 5.32 Å². The molecule has 1 aliphatic heterocycles. The molecule has 0 amide bonds. The Labute approximate surface area is 101 Å². The maximum atomic E-state index is 3.78. The van der Waals surface area contributed by atoms with Crippen molar-refractivity contribution in [3.63, 3.8) is 0 Å². The molecule has 94 valence electrons. The van der Waals surface area contributed by atoms with Gasteiger partial charge in [-0.1, -0.05) is 19.8 Å². The van der Waals surface area contributed by atoms with Crippen LogP contribution in [0.3, 0.4) is 0 Å². The molecule has 2 aliphatic rings. The van der Waals surface area contributed by atoms with Gasteiger partial charge in [0.1, 0.15) is 0 Å². The Morgan fingerprint density at radius 2 is 1.94 bits per heavy atom. The SMILES string of the molecule is CCCNC1CCCCC1N1CCCC1C. The Bertz CT molecular complexity index is 205. The van der Waals surface area contributed by atoms with Gasteiger partial charge in [0.05, 0.1) is 0 Å². The molecule has 1 saturated carbocycles. The van der Waals surface area contributed by atoms with E-state index in [2.05, 4.69) is 24.1 Å². The van der Waals surface area contributed by atoms with Gasteiger partial charge in [0.2, 0.25) is 0 Å². The molecule has 0 aromatic heterocycles. The van der Waals surface area contributed by atoms with Gasteiger partial charge < -0.3 is 5.32 Å². The average molecular weight is 224 g/mol. The van der Waals surface area contributed by atoms with Crippen LogP contribution in [0.15, 0.2) is 0 Å². The third-order valence-corrected chi connectivity index (χ3v) is 4.42. The summed E-state index contributed by atoms with van der Waals surface area (Å²) in [6.07, 6.45) is 9.78. The lowest BCUT2D eigenvalue weighted by molar-refractivity contribution is 0.116. The molecule has 1 saturated heterocycles. The second kappa shape index (κ2) is 6.02. The van der Waals surface area contributed by atoms with Gasteiger partial charge in [0, 0.05) is 18.1 Å². The van der Waals surface area contributed by atoms with Crippen LogP contribution >= 0.6 is 0 Å². The summed E-state index contributed by atoms with van der Waals surface area (Å²) in [5.41, 5.74) is 0. The lowest BCUT2D eigenvalue weighted by Gasteiger charge is -2.40. The number of nitrogens with one attached hydrogen (secondary N) is 1. The van der Waals surface area contributed by atoms with Gasteiger partial charge >= 0.3 is 0 Å². The minimum Gasteiger partial charge on any atom is -0.312 e. The number of rotatable bonds is 4. The van der Waals surface area contributed by atoms with E-state index in [0.29, 0.717) is 0 Å². The zero-order chi connectivity index (χ0) is 11.4. The zero-order valence-corrected chi connectivity index (χ0v) is 11.0. The number of hydrogen-bond acceptors (Lipinski definition) is 2. The van der Waals surface area contributed by atoms with E-state index < -0.39 is 0 Å². The van der Waals surface area contributed by atoms with Crippen LogP contribution in [0.25, 0.3) is 0 Å². The molecule has 2 fully saturated rings. The molecule has 2 rings (SSSR count). The Hall–Kier alpha value is -0.0800. The van der Waals surface area contributed by atoms with E-state index in [0.717, 1.165) is 18.1 Å². The van der Waals surface area contributed by atoms with Crippen molar-refractivity contribution in [3.8, 4) is 0 Å². The topological polar surface area (TPSA) is 15.3 Å². The molecule has 3 unspecified atom stereocenters. The van der Waals surface area contributed by atoms with E-state index in [1.165, 1.54) is 58.0 Å². The minimum atomic E-state index is 0.772. The van der Waals surface area contributed by atoms with Crippen LogP contribution in [0.4, 0.5) is 0 Å². The Morgan fingerprint density at radius 3 is 2.62 bits per heavy atom. The fraction of sp³-hybridized carbons (Fsp3) is 1.00. The lowest BCUT2D eigenvalue weighted by atomic mass is 9.88. The second-order valence-corrected chi connectivity index (χ2v) is 5.64. The molecule has 1 N–H and O–H groups in total. The van der Waals surface area contributed by atoms with Crippen molar-refractivity contribution in [2.24, 2.45) is 0 Å². The fourth-order valence-corrected chi connectivity index (χ4v) is 3.52. The molecular formula is C14H28N2. The highest BCUT2D eigenvalue weighted by Crippen LogP contribution is 2.29. The minimum absolute atomic E-state index is 0.772. The Balaban J connectivity index is 1.92. The fourth-order valence-electron chi connectivity index (χ4n) is 3.52. The normalized spacial score (nSPS) is 36.8. The van der Waals surface area contributed by atoms with Crippen molar-refractivity contribution < 1.29 is 0 Å². The smallest absolute Gasteiger partial charge is 0.0252 e. The van der Waals surface area contributed by atoms with E-state index in [9.17, 15) is 0 Å². The highest BCUT2D eigenvalue weighted by molar-refractivity contribution is 4.92. The van der Waals surface area contributed by atoms with Gasteiger partial charge in [-0.25, -0.2) is 0 Å². The largest absolute Gasteiger partial charge is 0.312 e. The molecule has 0 aromatic rings. The van der Waals surface area contributed by atoms with Gasteiger partial charge in [0.15, 0.2) is 0 Å². The standard InChI is InChI=1S/C14H28N2/c1-3-10-15-13-8-4-5-9-14(13)16-11-6-7-12(16)2/h12-15H,3-11H2,1-2H3. The Morgan fingerprint density at radius 1 is 1.12 bits per heavy atom. The van der Waals surface area contributed by atoms with E-state index in [1.54, 1.807) is 0 Å². The summed E-state index contributed by atoms with van der Waals surface area (Å²) < 4.78 is 0. The van der Waals surface area contributed by atoms with Crippen molar-refractivity contribution in [1.29, 1.82) is 0 Å². The van der Waals surface area contributed by atoms with Crippen molar-refractivity contribution in [2.75, 3.05) is 13.1 Å². The summed E-state index contributed by atoms with van der Waals surface area (Å²) in [6.45, 7) is 7.22. The quantitative estimate of drug-likeness (QED) is 0.790. The highest BCUT2D eigenvalue weighted by Gasteiger charge is 2.34. The molecule has 0 radical (unpaired) electrons. The van der Waals surface area contributed by atoms with E-state index in [-0.39, 0.29) is 0 Å². The van der Waals surface area contributed by atoms with E-state index in [1.807, 2.05) is 0 Å². The summed E-state index contributed by atoms with van der Waals surface area (Å²) >= 11 is 0. The molecule has 0 bridgehead atoms. The molecule has 1 heterocycles. The maximum absolute atomic E-state index is 3.78. The van der Waals surface area contributed by atoms with Crippen LogP contribution in [-0.2, 0) is 0 Å². The summed E-state index contributed by atoms with van der Waals surface area (Å²) in [6, 6.07) is 2.43. The molecule has 2 nitrogen and oxygen atoms in total. The predicted octanol–water partition coefficient (Wildman–Crippen LogP) is 2.78. The van der Waals surface area contributed by atoms with Crippen molar-refractivity contribution in [1.82, 2.24) is 10.2 Å². The molecular weight excluding hydrogens is 196 g/mol. The molecule has 3 atom stereocenters. The predicted molar refractivity (Wildman–Crippen MR) is 69.7 cm³/mol.